The maximum atomic E-state index is 9.39. The third kappa shape index (κ3) is 2.65. The fourth-order valence-corrected chi connectivity index (χ4v) is 0.996. The Morgan fingerprint density at radius 1 is 1.50 bits per heavy atom. The van der Waals surface area contributed by atoms with Gasteiger partial charge in [0.25, 0.3) is 0 Å². The fraction of sp³-hybridized carbons (Fsp3) is 0.300. The number of hydrogen-bond acceptors (Lipinski definition) is 4. The van der Waals surface area contributed by atoms with E-state index < -0.39 is 0 Å². The zero-order valence-corrected chi connectivity index (χ0v) is 8.23. The molecule has 0 radical (unpaired) electrons. The minimum atomic E-state index is 0.126. The van der Waals surface area contributed by atoms with E-state index in [-0.39, 0.29) is 5.75 Å². The molecule has 76 valence electrons. The molecule has 0 spiro atoms. The van der Waals surface area contributed by atoms with Crippen LogP contribution in [0.3, 0.4) is 0 Å². The Kier molecular flexibility index (Phi) is 3.79. The van der Waals surface area contributed by atoms with Crippen molar-refractivity contribution in [3.05, 3.63) is 23.8 Å². The van der Waals surface area contributed by atoms with Crippen LogP contribution in [0.4, 0.5) is 0 Å². The molecular weight excluding hydrogens is 182 g/mol. The maximum absolute atomic E-state index is 9.39. The van der Waals surface area contributed by atoms with E-state index in [4.69, 9.17) is 4.74 Å². The molecule has 1 rings (SSSR count). The van der Waals surface area contributed by atoms with Crippen molar-refractivity contribution < 1.29 is 14.7 Å². The van der Waals surface area contributed by atoms with Gasteiger partial charge in [-0.3, -0.25) is 0 Å². The van der Waals surface area contributed by atoms with Crippen LogP contribution in [-0.4, -0.2) is 25.0 Å². The molecule has 4 nitrogen and oxygen atoms in total. The first-order chi connectivity index (χ1) is 6.77. The van der Waals surface area contributed by atoms with Gasteiger partial charge in [-0.25, -0.2) is 0 Å². The van der Waals surface area contributed by atoms with E-state index in [1.165, 1.54) is 7.11 Å². The normalized spacial score (nSPS) is 10.4. The lowest BCUT2D eigenvalue weighted by Gasteiger charge is -2.05. The second kappa shape index (κ2) is 5.11. The molecule has 0 saturated carbocycles. The van der Waals surface area contributed by atoms with Crippen molar-refractivity contribution in [2.24, 2.45) is 5.16 Å². The highest BCUT2D eigenvalue weighted by molar-refractivity contribution is 5.80. The minimum absolute atomic E-state index is 0.126. The third-order valence-corrected chi connectivity index (χ3v) is 1.59. The summed E-state index contributed by atoms with van der Waals surface area (Å²) < 4.78 is 5.20. The number of aromatic hydroxyl groups is 1. The van der Waals surface area contributed by atoms with Gasteiger partial charge >= 0.3 is 0 Å². The Balaban J connectivity index is 2.88. The number of hydrogen-bond donors (Lipinski definition) is 1. The second-order valence-corrected chi connectivity index (χ2v) is 2.58. The number of phenols is 1. The Labute approximate surface area is 82.8 Å². The Morgan fingerprint density at radius 2 is 2.29 bits per heavy atom. The molecule has 14 heavy (non-hydrogen) atoms. The number of benzene rings is 1. The van der Waals surface area contributed by atoms with Gasteiger partial charge in [0.05, 0.1) is 12.8 Å². The lowest BCUT2D eigenvalue weighted by atomic mass is 10.2. The quantitative estimate of drug-likeness (QED) is 0.588. The second-order valence-electron chi connectivity index (χ2n) is 2.58. The third-order valence-electron chi connectivity index (χ3n) is 1.59. The number of ether oxygens (including phenoxy) is 1. The Bertz CT molecular complexity index is 323. The molecule has 0 fully saturated rings. The van der Waals surface area contributed by atoms with E-state index >= 15 is 0 Å². The molecule has 0 bridgehead atoms. The van der Waals surface area contributed by atoms with Crippen LogP contribution in [0.5, 0.6) is 11.5 Å². The average molecular weight is 195 g/mol. The van der Waals surface area contributed by atoms with Crippen LogP contribution < -0.4 is 4.74 Å². The zero-order valence-electron chi connectivity index (χ0n) is 8.23. The molecule has 0 aliphatic rings. The molecule has 0 atom stereocenters. The Morgan fingerprint density at radius 3 is 2.93 bits per heavy atom. The van der Waals surface area contributed by atoms with Crippen molar-refractivity contribution >= 4 is 6.21 Å². The van der Waals surface area contributed by atoms with Gasteiger partial charge < -0.3 is 14.7 Å². The van der Waals surface area contributed by atoms with Crippen LogP contribution in [0.1, 0.15) is 12.5 Å². The number of oxime groups is 1. The van der Waals surface area contributed by atoms with Crippen LogP contribution in [0.15, 0.2) is 23.4 Å². The maximum Gasteiger partial charge on any atom is 0.161 e. The number of phenolic OH excluding ortho intramolecular Hbond substituents is 1. The standard InChI is InChI=1S/C10H13NO3/c1-3-14-10-6-8(7-11-13-2)4-5-9(10)12/h4-7,12H,3H2,1-2H3. The summed E-state index contributed by atoms with van der Waals surface area (Å²) in [5, 5.41) is 13.0. The van der Waals surface area contributed by atoms with Crippen LogP contribution in [0.25, 0.3) is 0 Å². The van der Waals surface area contributed by atoms with Gasteiger partial charge in [0.2, 0.25) is 0 Å². The molecule has 0 heterocycles. The van der Waals surface area contributed by atoms with Gasteiger partial charge in [0.1, 0.15) is 7.11 Å². The van der Waals surface area contributed by atoms with Crippen molar-refractivity contribution in [2.45, 2.75) is 6.92 Å². The molecule has 1 aromatic carbocycles. The van der Waals surface area contributed by atoms with Gasteiger partial charge in [-0.05, 0) is 25.1 Å². The summed E-state index contributed by atoms with van der Waals surface area (Å²) >= 11 is 0. The molecule has 0 aliphatic heterocycles. The Hall–Kier alpha value is -1.71. The zero-order chi connectivity index (χ0) is 10.4. The van der Waals surface area contributed by atoms with Gasteiger partial charge in [0.15, 0.2) is 11.5 Å². The highest BCUT2D eigenvalue weighted by Crippen LogP contribution is 2.26. The lowest BCUT2D eigenvalue weighted by Crippen LogP contribution is -1.93. The van der Waals surface area contributed by atoms with E-state index in [1.807, 2.05) is 6.92 Å². The van der Waals surface area contributed by atoms with Crippen molar-refractivity contribution in [3.63, 3.8) is 0 Å². The van der Waals surface area contributed by atoms with E-state index in [0.717, 1.165) is 5.56 Å². The van der Waals surface area contributed by atoms with E-state index in [0.29, 0.717) is 12.4 Å². The lowest BCUT2D eigenvalue weighted by molar-refractivity contribution is 0.215. The molecule has 0 aliphatic carbocycles. The minimum Gasteiger partial charge on any atom is -0.504 e. The molecule has 1 N–H and O–H groups in total. The van der Waals surface area contributed by atoms with Gasteiger partial charge in [-0.1, -0.05) is 5.16 Å². The van der Waals surface area contributed by atoms with Crippen LogP contribution >= 0.6 is 0 Å². The smallest absolute Gasteiger partial charge is 0.161 e. The molecular formula is C10H13NO3. The van der Waals surface area contributed by atoms with E-state index in [9.17, 15) is 5.11 Å². The SMILES string of the molecule is CCOc1cc(C=NOC)ccc1O. The van der Waals surface area contributed by atoms with E-state index in [1.54, 1.807) is 24.4 Å². The summed E-state index contributed by atoms with van der Waals surface area (Å²) in [6.45, 7) is 2.37. The molecule has 1 aromatic rings. The molecule has 0 unspecified atom stereocenters. The molecule has 0 saturated heterocycles. The summed E-state index contributed by atoms with van der Waals surface area (Å²) in [6, 6.07) is 4.98. The summed E-state index contributed by atoms with van der Waals surface area (Å²) in [5.41, 5.74) is 0.813. The predicted molar refractivity (Wildman–Crippen MR) is 53.9 cm³/mol. The van der Waals surface area contributed by atoms with Gasteiger partial charge in [0, 0.05) is 5.56 Å². The first-order valence-corrected chi connectivity index (χ1v) is 4.30. The number of nitrogens with zero attached hydrogens (tertiary/aromatic N) is 1. The van der Waals surface area contributed by atoms with E-state index in [2.05, 4.69) is 9.99 Å². The van der Waals surface area contributed by atoms with Gasteiger partial charge in [-0.2, -0.15) is 0 Å². The van der Waals surface area contributed by atoms with Crippen LogP contribution in [-0.2, 0) is 4.84 Å². The molecule has 0 amide bonds. The summed E-state index contributed by atoms with van der Waals surface area (Å²) in [7, 11) is 1.47. The monoisotopic (exact) mass is 195 g/mol. The fourth-order valence-electron chi connectivity index (χ4n) is 0.996. The molecule has 0 aromatic heterocycles. The van der Waals surface area contributed by atoms with Gasteiger partial charge in [-0.15, -0.1) is 0 Å². The van der Waals surface area contributed by atoms with Crippen molar-refractivity contribution in [3.8, 4) is 11.5 Å². The summed E-state index contributed by atoms with van der Waals surface area (Å²) in [5.74, 6) is 0.578. The number of rotatable bonds is 4. The summed E-state index contributed by atoms with van der Waals surface area (Å²) in [4.78, 5) is 4.54. The first kappa shape index (κ1) is 10.4. The van der Waals surface area contributed by atoms with Crippen LogP contribution in [0, 0.1) is 0 Å². The summed E-state index contributed by atoms with van der Waals surface area (Å²) in [6.07, 6.45) is 1.54. The first-order valence-electron chi connectivity index (χ1n) is 4.30. The predicted octanol–water partition coefficient (Wildman–Crippen LogP) is 1.77. The highest BCUT2D eigenvalue weighted by atomic mass is 16.6. The molecule has 4 heteroatoms. The van der Waals surface area contributed by atoms with Crippen molar-refractivity contribution in [1.29, 1.82) is 0 Å². The topological polar surface area (TPSA) is 51.0 Å². The largest absolute Gasteiger partial charge is 0.504 e. The van der Waals surface area contributed by atoms with Crippen LogP contribution in [0.2, 0.25) is 0 Å². The van der Waals surface area contributed by atoms with Crippen molar-refractivity contribution in [1.82, 2.24) is 0 Å². The van der Waals surface area contributed by atoms with Crippen molar-refractivity contribution in [2.75, 3.05) is 13.7 Å². The highest BCUT2D eigenvalue weighted by Gasteiger charge is 2.01. The average Bonchev–Trinajstić information content (AvgIpc) is 2.19.